The van der Waals surface area contributed by atoms with Crippen LogP contribution in [0.5, 0.6) is 0 Å². The zero-order chi connectivity index (χ0) is 24.1. The molecule has 0 aliphatic carbocycles. The number of hydrogen-bond acceptors (Lipinski definition) is 3. The fourth-order valence-corrected chi connectivity index (χ4v) is 3.61. The number of fused-ring (bicyclic) bond motifs is 1. The van der Waals surface area contributed by atoms with E-state index >= 15 is 0 Å². The normalized spacial score (nSPS) is 11.4. The Bertz CT molecular complexity index is 1320. The van der Waals surface area contributed by atoms with Crippen molar-refractivity contribution in [3.63, 3.8) is 0 Å². The number of halogens is 3. The van der Waals surface area contributed by atoms with Crippen molar-refractivity contribution in [1.29, 1.82) is 0 Å². The maximum absolute atomic E-state index is 12.7. The van der Waals surface area contributed by atoms with Gasteiger partial charge in [0.15, 0.2) is 0 Å². The molecule has 174 valence electrons. The molecule has 0 unspecified atom stereocenters. The van der Waals surface area contributed by atoms with Gasteiger partial charge in [0.25, 0.3) is 5.91 Å². The number of alkyl halides is 3. The highest BCUT2D eigenvalue weighted by Gasteiger charge is 2.28. The molecule has 4 aromatic rings. The number of amides is 2. The molecule has 1 heterocycles. The predicted molar refractivity (Wildman–Crippen MR) is 123 cm³/mol. The Balaban J connectivity index is 1.49. The van der Waals surface area contributed by atoms with Crippen LogP contribution in [0.4, 0.5) is 18.9 Å². The fourth-order valence-electron chi connectivity index (χ4n) is 3.61. The number of aryl methyl sites for hydroxylation is 1. The van der Waals surface area contributed by atoms with Crippen LogP contribution in [0, 0.1) is 0 Å². The zero-order valence-corrected chi connectivity index (χ0v) is 18.0. The van der Waals surface area contributed by atoms with Crippen molar-refractivity contribution in [3.05, 3.63) is 90.3 Å². The van der Waals surface area contributed by atoms with Gasteiger partial charge in [0.2, 0.25) is 5.91 Å². The molecule has 9 heteroatoms. The molecule has 0 spiro atoms. The van der Waals surface area contributed by atoms with Gasteiger partial charge >= 0.3 is 6.18 Å². The van der Waals surface area contributed by atoms with E-state index in [9.17, 15) is 22.8 Å². The molecule has 2 N–H and O–H groups in total. The van der Waals surface area contributed by atoms with Crippen LogP contribution in [-0.2, 0) is 11.2 Å². The van der Waals surface area contributed by atoms with E-state index in [2.05, 4.69) is 10.3 Å². The van der Waals surface area contributed by atoms with Gasteiger partial charge in [0, 0.05) is 18.5 Å². The van der Waals surface area contributed by atoms with Crippen LogP contribution in [0.15, 0.2) is 78.9 Å². The van der Waals surface area contributed by atoms with Crippen LogP contribution in [0.2, 0.25) is 0 Å². The van der Waals surface area contributed by atoms with Gasteiger partial charge in [0.1, 0.15) is 12.4 Å². The quantitative estimate of drug-likeness (QED) is 0.407. The summed E-state index contributed by atoms with van der Waals surface area (Å²) in [5, 5.41) is 4.46. The monoisotopic (exact) mass is 466 g/mol. The Morgan fingerprint density at radius 3 is 2.32 bits per heavy atom. The molecule has 0 atom stereocenters. The molecule has 0 bridgehead atoms. The van der Waals surface area contributed by atoms with Crippen molar-refractivity contribution in [2.24, 2.45) is 0 Å². The number of nitrogens with zero attached hydrogens (tertiary/aromatic N) is 2. The first-order valence-corrected chi connectivity index (χ1v) is 10.6. The van der Waals surface area contributed by atoms with Crippen LogP contribution in [0.1, 0.15) is 22.6 Å². The largest absolute Gasteiger partial charge is 0.405 e. The summed E-state index contributed by atoms with van der Waals surface area (Å²) in [5.74, 6) is -0.611. The second-order valence-electron chi connectivity index (χ2n) is 7.58. The zero-order valence-electron chi connectivity index (χ0n) is 18.0. The smallest absolute Gasteiger partial charge is 0.343 e. The first-order valence-electron chi connectivity index (χ1n) is 10.6. The maximum Gasteiger partial charge on any atom is 0.405 e. The van der Waals surface area contributed by atoms with Crippen molar-refractivity contribution in [3.8, 4) is 5.69 Å². The van der Waals surface area contributed by atoms with Gasteiger partial charge < -0.3 is 10.6 Å². The van der Waals surface area contributed by atoms with Crippen molar-refractivity contribution in [2.45, 2.75) is 19.0 Å². The lowest BCUT2D eigenvalue weighted by atomic mass is 10.1. The van der Waals surface area contributed by atoms with Crippen LogP contribution < -0.4 is 10.6 Å². The Morgan fingerprint density at radius 2 is 1.56 bits per heavy atom. The molecule has 0 aliphatic rings. The molecule has 4 rings (SSSR count). The van der Waals surface area contributed by atoms with Crippen LogP contribution >= 0.6 is 0 Å². The summed E-state index contributed by atoms with van der Waals surface area (Å²) in [4.78, 5) is 29.6. The van der Waals surface area contributed by atoms with Gasteiger partial charge in [-0.25, -0.2) is 4.98 Å². The first-order chi connectivity index (χ1) is 16.3. The molecule has 1 aromatic heterocycles. The Kier molecular flexibility index (Phi) is 6.62. The molecule has 34 heavy (non-hydrogen) atoms. The number of carbonyl (C=O) groups is 2. The van der Waals surface area contributed by atoms with Gasteiger partial charge in [-0.05, 0) is 36.4 Å². The Hall–Kier alpha value is -4.14. The number of anilines is 1. The summed E-state index contributed by atoms with van der Waals surface area (Å²) in [6, 6.07) is 23.2. The number of carbonyl (C=O) groups excluding carboxylic acids is 2. The molecular weight excluding hydrogens is 445 g/mol. The van der Waals surface area contributed by atoms with Gasteiger partial charge in [-0.3, -0.25) is 14.2 Å². The molecule has 0 radical (unpaired) electrons. The number of hydrogen-bond donors (Lipinski definition) is 2. The topological polar surface area (TPSA) is 76.0 Å². The minimum absolute atomic E-state index is 0.0448. The average Bonchev–Trinajstić information content (AvgIpc) is 3.20. The van der Waals surface area contributed by atoms with Gasteiger partial charge in [0.05, 0.1) is 22.3 Å². The number of aromatic nitrogens is 2. The second kappa shape index (κ2) is 9.78. The van der Waals surface area contributed by atoms with E-state index < -0.39 is 18.6 Å². The van der Waals surface area contributed by atoms with Crippen molar-refractivity contribution in [2.75, 3.05) is 11.9 Å². The maximum atomic E-state index is 12.7. The molecule has 0 fully saturated rings. The van der Waals surface area contributed by atoms with Crippen molar-refractivity contribution in [1.82, 2.24) is 14.9 Å². The number of benzene rings is 3. The summed E-state index contributed by atoms with van der Waals surface area (Å²) >= 11 is 0. The highest BCUT2D eigenvalue weighted by Crippen LogP contribution is 2.23. The number of para-hydroxylation sites is 4. The molecule has 2 amide bonds. The molecule has 0 saturated heterocycles. The SMILES string of the molecule is O=C(CCc1nc2ccccc2n1-c1ccccc1)Nc1ccccc1C(=O)NCC(F)(F)F. The molecule has 3 aromatic carbocycles. The van der Waals surface area contributed by atoms with E-state index in [1.165, 1.54) is 18.2 Å². The average molecular weight is 466 g/mol. The summed E-state index contributed by atoms with van der Waals surface area (Å²) in [6.07, 6.45) is -4.15. The van der Waals surface area contributed by atoms with Crippen LogP contribution in [0.25, 0.3) is 16.7 Å². The Morgan fingerprint density at radius 1 is 0.882 bits per heavy atom. The predicted octanol–water partition coefficient (Wildman–Crippen LogP) is 4.89. The second-order valence-corrected chi connectivity index (χ2v) is 7.58. The van der Waals surface area contributed by atoms with Crippen LogP contribution in [-0.4, -0.2) is 34.1 Å². The van der Waals surface area contributed by atoms with E-state index in [1.807, 2.05) is 64.5 Å². The number of nitrogens with one attached hydrogen (secondary N) is 2. The summed E-state index contributed by atoms with van der Waals surface area (Å²) in [6.45, 7) is -1.45. The van der Waals surface area contributed by atoms with Crippen molar-refractivity contribution >= 4 is 28.5 Å². The van der Waals surface area contributed by atoms with E-state index in [0.29, 0.717) is 12.2 Å². The minimum atomic E-state index is -4.53. The van der Waals surface area contributed by atoms with E-state index in [0.717, 1.165) is 16.7 Å². The first kappa shape index (κ1) is 23.0. The summed E-state index contributed by atoms with van der Waals surface area (Å²) < 4.78 is 39.3. The van der Waals surface area contributed by atoms with E-state index in [-0.39, 0.29) is 23.6 Å². The van der Waals surface area contributed by atoms with Gasteiger partial charge in [-0.15, -0.1) is 0 Å². The summed E-state index contributed by atoms with van der Waals surface area (Å²) in [7, 11) is 0. The van der Waals surface area contributed by atoms with Crippen LogP contribution in [0.3, 0.4) is 0 Å². The van der Waals surface area contributed by atoms with Gasteiger partial charge in [-0.1, -0.05) is 42.5 Å². The highest BCUT2D eigenvalue weighted by atomic mass is 19.4. The standard InChI is InChI=1S/C25H21F3N4O2/c26-25(27,28)16-29-24(34)18-10-4-5-11-19(18)31-23(33)15-14-22-30-20-12-6-7-13-21(20)32(22)17-8-2-1-3-9-17/h1-13H,14-16H2,(H,29,34)(H,31,33). The van der Waals surface area contributed by atoms with Crippen molar-refractivity contribution < 1.29 is 22.8 Å². The molecular formula is C25H21F3N4O2. The minimum Gasteiger partial charge on any atom is -0.343 e. The lowest BCUT2D eigenvalue weighted by Gasteiger charge is -2.13. The number of imidazole rings is 1. The third-order valence-electron chi connectivity index (χ3n) is 5.12. The lowest BCUT2D eigenvalue weighted by molar-refractivity contribution is -0.123. The third kappa shape index (κ3) is 5.43. The number of rotatable bonds is 7. The third-order valence-corrected chi connectivity index (χ3v) is 5.12. The highest BCUT2D eigenvalue weighted by molar-refractivity contribution is 6.03. The lowest BCUT2D eigenvalue weighted by Crippen LogP contribution is -2.34. The van der Waals surface area contributed by atoms with E-state index in [1.54, 1.807) is 6.07 Å². The van der Waals surface area contributed by atoms with Gasteiger partial charge in [-0.2, -0.15) is 13.2 Å². The van der Waals surface area contributed by atoms with E-state index in [4.69, 9.17) is 0 Å². The summed E-state index contributed by atoms with van der Waals surface area (Å²) in [5.41, 5.74) is 2.72. The molecule has 0 aliphatic heterocycles. The Labute approximate surface area is 193 Å². The molecule has 0 saturated carbocycles. The molecule has 6 nitrogen and oxygen atoms in total. The fraction of sp³-hybridized carbons (Fsp3) is 0.160.